The van der Waals surface area contributed by atoms with Gasteiger partial charge in [-0.2, -0.15) is 4.31 Å². The first-order chi connectivity index (χ1) is 14.6. The third-order valence-electron chi connectivity index (χ3n) is 5.17. The van der Waals surface area contributed by atoms with Crippen LogP contribution in [0.2, 0.25) is 0 Å². The van der Waals surface area contributed by atoms with Crippen molar-refractivity contribution in [2.75, 3.05) is 65.7 Å². The molecule has 0 spiro atoms. The van der Waals surface area contributed by atoms with E-state index in [1.807, 2.05) is 6.92 Å². The van der Waals surface area contributed by atoms with Crippen LogP contribution in [0.4, 0.5) is 0 Å². The minimum Gasteiger partial charge on any atom is -0.381 e. The number of nitrogens with one attached hydrogen (secondary N) is 1. The minimum atomic E-state index is -3.40. The van der Waals surface area contributed by atoms with Crippen LogP contribution in [-0.4, -0.2) is 94.4 Å². The quantitative estimate of drug-likeness (QED) is 0.193. The Balaban J connectivity index is 0.00000341. The third kappa shape index (κ3) is 8.48. The fraction of sp³-hybridized carbons (Fsp3) is 0.789. The smallest absolute Gasteiger partial charge is 0.220 e. The van der Waals surface area contributed by atoms with Crippen molar-refractivity contribution in [3.05, 3.63) is 18.0 Å². The molecule has 10 nitrogen and oxygen atoms in total. The molecule has 0 aromatic carbocycles. The highest BCUT2D eigenvalue weighted by Crippen LogP contribution is 2.13. The number of sulfonamides is 1. The molecule has 12 heteroatoms. The average Bonchev–Trinajstić information content (AvgIpc) is 3.44. The molecule has 0 amide bonds. The zero-order chi connectivity index (χ0) is 21.2. The van der Waals surface area contributed by atoms with Crippen molar-refractivity contribution in [1.29, 1.82) is 0 Å². The van der Waals surface area contributed by atoms with Gasteiger partial charge in [0.15, 0.2) is 5.96 Å². The van der Waals surface area contributed by atoms with E-state index in [1.165, 1.54) is 10.6 Å². The molecule has 31 heavy (non-hydrogen) atoms. The van der Waals surface area contributed by atoms with Gasteiger partial charge in [0.1, 0.15) is 12.0 Å². The molecule has 0 radical (unpaired) electrons. The van der Waals surface area contributed by atoms with Crippen molar-refractivity contribution >= 4 is 40.0 Å². The monoisotopic (exact) mass is 571 g/mol. The molecule has 0 saturated carbocycles. The Morgan fingerprint density at radius 2 is 2.16 bits per heavy atom. The second-order valence-corrected chi connectivity index (χ2v) is 9.50. The molecule has 1 unspecified atom stereocenters. The van der Waals surface area contributed by atoms with E-state index in [9.17, 15) is 8.42 Å². The molecule has 3 heterocycles. The zero-order valence-electron chi connectivity index (χ0n) is 18.1. The Bertz CT molecular complexity index is 748. The normalized spacial score (nSPS) is 20.6. The zero-order valence-corrected chi connectivity index (χ0v) is 21.2. The van der Waals surface area contributed by atoms with E-state index < -0.39 is 10.0 Å². The summed E-state index contributed by atoms with van der Waals surface area (Å²) in [5.41, 5.74) is 0.426. The van der Waals surface area contributed by atoms with Crippen molar-refractivity contribution in [3.63, 3.8) is 0 Å². The molecule has 2 aliphatic heterocycles. The number of piperazine rings is 1. The molecule has 1 N–H and O–H groups in total. The van der Waals surface area contributed by atoms with Gasteiger partial charge in [-0.05, 0) is 19.8 Å². The summed E-state index contributed by atoms with van der Waals surface area (Å²) in [7, 11) is -3.40. The van der Waals surface area contributed by atoms with Crippen molar-refractivity contribution in [3.8, 4) is 0 Å². The topological polar surface area (TPSA) is 110 Å². The summed E-state index contributed by atoms with van der Waals surface area (Å²) in [6, 6.07) is 1.58. The fourth-order valence-electron chi connectivity index (χ4n) is 3.51. The number of nitrogens with zero attached hydrogens (tertiary/aromatic N) is 4. The summed E-state index contributed by atoms with van der Waals surface area (Å²) in [4.78, 5) is 6.80. The standard InChI is InChI=1S/C19H33N5O5S.HI/c1-2-20-19(21-6-3-11-27-14-17-4-12-28-15-17)23-7-9-24(10-8-23)30(25,26)16-18-5-13-29-22-18;/h5,13,17H,2-4,6-12,14-16H2,1H3,(H,20,21);1H. The first-order valence-corrected chi connectivity index (χ1v) is 12.2. The molecule has 2 saturated heterocycles. The summed E-state index contributed by atoms with van der Waals surface area (Å²) in [5, 5.41) is 7.01. The fourth-order valence-corrected chi connectivity index (χ4v) is 4.94. The lowest BCUT2D eigenvalue weighted by atomic mass is 10.1. The Morgan fingerprint density at radius 3 is 2.81 bits per heavy atom. The molecule has 0 bridgehead atoms. The van der Waals surface area contributed by atoms with Gasteiger partial charge in [0.2, 0.25) is 10.0 Å². The minimum absolute atomic E-state index is 0. The molecule has 178 valence electrons. The van der Waals surface area contributed by atoms with Crippen molar-refractivity contribution < 1.29 is 22.4 Å². The molecule has 2 fully saturated rings. The molecule has 2 aliphatic rings. The molecule has 0 aliphatic carbocycles. The predicted molar refractivity (Wildman–Crippen MR) is 128 cm³/mol. The molecular weight excluding hydrogens is 537 g/mol. The van der Waals surface area contributed by atoms with Crippen molar-refractivity contribution in [2.45, 2.75) is 25.5 Å². The van der Waals surface area contributed by atoms with Crippen LogP contribution in [0.5, 0.6) is 0 Å². The summed E-state index contributed by atoms with van der Waals surface area (Å²) in [6.07, 6.45) is 3.33. The van der Waals surface area contributed by atoms with Gasteiger partial charge in [-0.1, -0.05) is 5.16 Å². The van der Waals surface area contributed by atoms with Crippen molar-refractivity contribution in [1.82, 2.24) is 19.7 Å². The molecule has 1 atom stereocenters. The first kappa shape index (κ1) is 26.3. The maximum absolute atomic E-state index is 12.6. The predicted octanol–water partition coefficient (Wildman–Crippen LogP) is 1.15. The molecule has 3 rings (SSSR count). The van der Waals surface area contributed by atoms with Crippen molar-refractivity contribution in [2.24, 2.45) is 10.9 Å². The van der Waals surface area contributed by atoms with Gasteiger partial charge in [0.25, 0.3) is 0 Å². The second kappa shape index (κ2) is 13.6. The Kier molecular flexibility index (Phi) is 11.5. The van der Waals surface area contributed by atoms with Crippen LogP contribution in [0.15, 0.2) is 21.8 Å². The summed E-state index contributed by atoms with van der Waals surface area (Å²) in [6.45, 7) is 8.62. The van der Waals surface area contributed by atoms with E-state index in [0.717, 1.165) is 45.2 Å². The largest absolute Gasteiger partial charge is 0.381 e. The van der Waals surface area contributed by atoms with E-state index in [0.29, 0.717) is 50.9 Å². The van der Waals surface area contributed by atoms with Gasteiger partial charge in [-0.15, -0.1) is 24.0 Å². The summed E-state index contributed by atoms with van der Waals surface area (Å²) in [5.74, 6) is 1.22. The van der Waals surface area contributed by atoms with Gasteiger partial charge in [0.05, 0.1) is 18.9 Å². The second-order valence-electron chi connectivity index (χ2n) is 7.53. The molecule has 1 aromatic rings. The van der Waals surface area contributed by atoms with Gasteiger partial charge >= 0.3 is 0 Å². The van der Waals surface area contributed by atoms with Crippen LogP contribution in [-0.2, 0) is 25.2 Å². The lowest BCUT2D eigenvalue weighted by molar-refractivity contribution is 0.0892. The number of hydrogen-bond acceptors (Lipinski definition) is 7. The van der Waals surface area contributed by atoms with E-state index in [1.54, 1.807) is 6.07 Å². The maximum atomic E-state index is 12.6. The van der Waals surface area contributed by atoms with E-state index in [4.69, 9.17) is 19.0 Å². The Morgan fingerprint density at radius 1 is 1.35 bits per heavy atom. The van der Waals surface area contributed by atoms with Crippen LogP contribution in [0, 0.1) is 5.92 Å². The van der Waals surface area contributed by atoms with Gasteiger partial charge in [-0.3, -0.25) is 4.99 Å². The maximum Gasteiger partial charge on any atom is 0.220 e. The number of aliphatic imine (C=N–C) groups is 1. The van der Waals surface area contributed by atoms with E-state index >= 15 is 0 Å². The number of guanidine groups is 1. The third-order valence-corrected chi connectivity index (χ3v) is 6.99. The van der Waals surface area contributed by atoms with Gasteiger partial charge < -0.3 is 24.2 Å². The summed E-state index contributed by atoms with van der Waals surface area (Å²) < 4.78 is 42.5. The number of rotatable bonds is 10. The number of halogens is 1. The van der Waals surface area contributed by atoms with Crippen LogP contribution in [0.1, 0.15) is 25.5 Å². The van der Waals surface area contributed by atoms with E-state index in [-0.39, 0.29) is 29.7 Å². The highest BCUT2D eigenvalue weighted by molar-refractivity contribution is 14.0. The van der Waals surface area contributed by atoms with Crippen LogP contribution < -0.4 is 5.32 Å². The first-order valence-electron chi connectivity index (χ1n) is 10.6. The number of hydrogen-bond donors (Lipinski definition) is 1. The van der Waals surface area contributed by atoms with Crippen LogP contribution >= 0.6 is 24.0 Å². The number of ether oxygens (including phenoxy) is 2. The lowest BCUT2D eigenvalue weighted by Gasteiger charge is -2.35. The van der Waals surface area contributed by atoms with Gasteiger partial charge in [0, 0.05) is 64.5 Å². The Labute approximate surface area is 201 Å². The highest BCUT2D eigenvalue weighted by atomic mass is 127. The van der Waals surface area contributed by atoms with Gasteiger partial charge in [-0.25, -0.2) is 8.42 Å². The average molecular weight is 571 g/mol. The highest BCUT2D eigenvalue weighted by Gasteiger charge is 2.29. The SMILES string of the molecule is CCNC(=NCCCOCC1CCOC1)N1CCN(S(=O)(=O)Cc2ccon2)CC1.I. The number of aromatic nitrogens is 1. The summed E-state index contributed by atoms with van der Waals surface area (Å²) >= 11 is 0. The molecule has 1 aromatic heterocycles. The van der Waals surface area contributed by atoms with Crippen LogP contribution in [0.25, 0.3) is 0 Å². The molecular formula is C19H34IN5O5S. The van der Waals surface area contributed by atoms with E-state index in [2.05, 4.69) is 15.4 Å². The Hall–Kier alpha value is -0.960. The lowest BCUT2D eigenvalue weighted by Crippen LogP contribution is -2.53. The van der Waals surface area contributed by atoms with Crippen LogP contribution in [0.3, 0.4) is 0 Å².